The van der Waals surface area contributed by atoms with Gasteiger partial charge in [0.25, 0.3) is 12.3 Å². The van der Waals surface area contributed by atoms with Crippen LogP contribution < -0.4 is 10.6 Å². The Morgan fingerprint density at radius 2 is 2.12 bits per heavy atom. The van der Waals surface area contributed by atoms with Gasteiger partial charge >= 0.3 is 0 Å². The number of nitrogens with one attached hydrogen (secondary N) is 2. The molecule has 3 nitrogen and oxygen atoms in total. The molecule has 1 aromatic carbocycles. The van der Waals surface area contributed by atoms with Gasteiger partial charge in [0.05, 0.1) is 12.1 Å². The summed E-state index contributed by atoms with van der Waals surface area (Å²) in [4.78, 5) is 11.6. The Hall–Kier alpha value is -1.65. The Balaban J connectivity index is 2.84. The summed E-state index contributed by atoms with van der Waals surface area (Å²) in [7, 11) is 1.68. The van der Waals surface area contributed by atoms with E-state index in [0.717, 1.165) is 5.56 Å². The lowest BCUT2D eigenvalue weighted by atomic mass is 10.1. The van der Waals surface area contributed by atoms with Crippen LogP contribution in [0, 0.1) is 6.92 Å². The Morgan fingerprint density at radius 3 is 2.69 bits per heavy atom. The van der Waals surface area contributed by atoms with Crippen LogP contribution in [0.4, 0.5) is 14.5 Å². The molecule has 0 spiro atoms. The molecule has 0 aliphatic carbocycles. The molecule has 0 saturated carbocycles. The molecule has 0 fully saturated rings. The molecule has 0 heterocycles. The molecule has 0 aliphatic rings. The molecule has 0 bridgehead atoms. The summed E-state index contributed by atoms with van der Waals surface area (Å²) < 4.78 is 23.9. The zero-order valence-electron chi connectivity index (χ0n) is 9.18. The van der Waals surface area contributed by atoms with Crippen molar-refractivity contribution < 1.29 is 13.6 Å². The van der Waals surface area contributed by atoms with Crippen LogP contribution in [0.15, 0.2) is 18.2 Å². The predicted octanol–water partition coefficient (Wildman–Crippen LogP) is 2.03. The average Bonchev–Trinajstić information content (AvgIpc) is 2.25. The number of anilines is 1. The second-order valence-electron chi connectivity index (χ2n) is 3.40. The summed E-state index contributed by atoms with van der Waals surface area (Å²) in [5.74, 6) is -0.492. The molecule has 0 unspecified atom stereocenters. The third-order valence-corrected chi connectivity index (χ3v) is 2.11. The Labute approximate surface area is 92.8 Å². The van der Waals surface area contributed by atoms with Crippen molar-refractivity contribution in [2.45, 2.75) is 13.3 Å². The van der Waals surface area contributed by atoms with E-state index in [1.54, 1.807) is 19.2 Å². The van der Waals surface area contributed by atoms with E-state index in [2.05, 4.69) is 10.6 Å². The minimum absolute atomic E-state index is 0.378. The monoisotopic (exact) mass is 228 g/mol. The number of carbonyl (C=O) groups is 1. The highest BCUT2D eigenvalue weighted by Crippen LogP contribution is 2.16. The number of benzene rings is 1. The van der Waals surface area contributed by atoms with Crippen molar-refractivity contribution in [1.29, 1.82) is 0 Å². The number of alkyl halides is 2. The summed E-state index contributed by atoms with van der Waals surface area (Å²) in [6, 6.07) is 5.25. The highest BCUT2D eigenvalue weighted by atomic mass is 19.3. The van der Waals surface area contributed by atoms with E-state index in [0.29, 0.717) is 11.3 Å². The first-order valence-corrected chi connectivity index (χ1v) is 4.89. The summed E-state index contributed by atoms with van der Waals surface area (Å²) >= 11 is 0. The van der Waals surface area contributed by atoms with Gasteiger partial charge in [0.1, 0.15) is 0 Å². The minimum atomic E-state index is -2.54. The van der Waals surface area contributed by atoms with Gasteiger partial charge in [-0.15, -0.1) is 0 Å². The number of aryl methyl sites for hydroxylation is 1. The van der Waals surface area contributed by atoms with E-state index >= 15 is 0 Å². The van der Waals surface area contributed by atoms with Gasteiger partial charge in [-0.1, -0.05) is 11.6 Å². The molecule has 1 rings (SSSR count). The molecule has 2 N–H and O–H groups in total. The van der Waals surface area contributed by atoms with Crippen LogP contribution in [0.2, 0.25) is 0 Å². The summed E-state index contributed by atoms with van der Waals surface area (Å²) in [5, 5.41) is 5.01. The molecule has 0 radical (unpaired) electrons. The molecule has 5 heteroatoms. The van der Waals surface area contributed by atoms with Crippen molar-refractivity contribution in [3.05, 3.63) is 29.3 Å². The van der Waals surface area contributed by atoms with Gasteiger partial charge in [-0.05, 0) is 19.1 Å². The molecule has 16 heavy (non-hydrogen) atoms. The molecular formula is C11H14F2N2O. The predicted molar refractivity (Wildman–Crippen MR) is 59.1 cm³/mol. The lowest BCUT2D eigenvalue weighted by Gasteiger charge is -2.10. The normalized spacial score (nSPS) is 10.3. The van der Waals surface area contributed by atoms with Crippen LogP contribution >= 0.6 is 0 Å². The maximum Gasteiger partial charge on any atom is 0.255 e. The summed E-state index contributed by atoms with van der Waals surface area (Å²) in [6.45, 7) is 1.21. The van der Waals surface area contributed by atoms with Crippen molar-refractivity contribution >= 4 is 11.6 Å². The SMILES string of the molecule is CNc1ccc(C)cc1C(=O)NCC(F)F. The van der Waals surface area contributed by atoms with Crippen LogP contribution in [-0.2, 0) is 0 Å². The largest absolute Gasteiger partial charge is 0.387 e. The van der Waals surface area contributed by atoms with Gasteiger partial charge in [-0.3, -0.25) is 4.79 Å². The van der Waals surface area contributed by atoms with Gasteiger partial charge in [0.2, 0.25) is 0 Å². The molecule has 1 aromatic rings. The lowest BCUT2D eigenvalue weighted by molar-refractivity contribution is 0.0892. The third kappa shape index (κ3) is 3.18. The van der Waals surface area contributed by atoms with Crippen LogP contribution in [0.1, 0.15) is 15.9 Å². The van der Waals surface area contributed by atoms with Gasteiger partial charge in [0.15, 0.2) is 0 Å². The fourth-order valence-electron chi connectivity index (χ4n) is 1.33. The van der Waals surface area contributed by atoms with Gasteiger partial charge in [-0.2, -0.15) is 0 Å². The molecule has 88 valence electrons. The first-order valence-electron chi connectivity index (χ1n) is 4.89. The third-order valence-electron chi connectivity index (χ3n) is 2.11. The molecule has 0 aromatic heterocycles. The highest BCUT2D eigenvalue weighted by molar-refractivity contribution is 5.99. The van der Waals surface area contributed by atoms with Gasteiger partial charge < -0.3 is 10.6 Å². The number of amides is 1. The van der Waals surface area contributed by atoms with Crippen molar-refractivity contribution in [3.63, 3.8) is 0 Å². The molecule has 1 amide bonds. The van der Waals surface area contributed by atoms with Crippen LogP contribution in [0.5, 0.6) is 0 Å². The number of rotatable bonds is 4. The number of carbonyl (C=O) groups excluding carboxylic acids is 1. The first-order chi connectivity index (χ1) is 7.54. The van der Waals surface area contributed by atoms with E-state index in [4.69, 9.17) is 0 Å². The number of hydrogen-bond donors (Lipinski definition) is 2. The van der Waals surface area contributed by atoms with E-state index in [1.807, 2.05) is 13.0 Å². The fourth-order valence-corrected chi connectivity index (χ4v) is 1.33. The highest BCUT2D eigenvalue weighted by Gasteiger charge is 2.12. The zero-order valence-corrected chi connectivity index (χ0v) is 9.18. The Bertz CT molecular complexity index is 380. The minimum Gasteiger partial charge on any atom is -0.387 e. The van der Waals surface area contributed by atoms with Crippen molar-refractivity contribution in [3.8, 4) is 0 Å². The lowest BCUT2D eigenvalue weighted by Crippen LogP contribution is -2.29. The van der Waals surface area contributed by atoms with E-state index in [-0.39, 0.29) is 0 Å². The van der Waals surface area contributed by atoms with Crippen molar-refractivity contribution in [1.82, 2.24) is 5.32 Å². The standard InChI is InChI=1S/C11H14F2N2O/c1-7-3-4-9(14-2)8(5-7)11(16)15-6-10(12)13/h3-5,10,14H,6H2,1-2H3,(H,15,16). The molecular weight excluding hydrogens is 214 g/mol. The van der Waals surface area contributed by atoms with Gasteiger partial charge in [-0.25, -0.2) is 8.78 Å². The topological polar surface area (TPSA) is 41.1 Å². The Morgan fingerprint density at radius 1 is 1.44 bits per heavy atom. The summed E-state index contributed by atoms with van der Waals surface area (Å²) in [6.07, 6.45) is -2.54. The molecule has 0 atom stereocenters. The quantitative estimate of drug-likeness (QED) is 0.827. The second-order valence-corrected chi connectivity index (χ2v) is 3.40. The molecule has 0 aliphatic heterocycles. The zero-order chi connectivity index (χ0) is 12.1. The van der Waals surface area contributed by atoms with Gasteiger partial charge in [0, 0.05) is 12.7 Å². The van der Waals surface area contributed by atoms with Crippen LogP contribution in [-0.4, -0.2) is 25.9 Å². The van der Waals surface area contributed by atoms with E-state index < -0.39 is 18.9 Å². The maximum atomic E-state index is 11.9. The second kappa shape index (κ2) is 5.44. The van der Waals surface area contributed by atoms with Crippen LogP contribution in [0.25, 0.3) is 0 Å². The number of halogens is 2. The summed E-state index contributed by atoms with van der Waals surface area (Å²) in [5.41, 5.74) is 1.90. The van der Waals surface area contributed by atoms with E-state index in [9.17, 15) is 13.6 Å². The molecule has 0 saturated heterocycles. The average molecular weight is 228 g/mol. The number of hydrogen-bond acceptors (Lipinski definition) is 2. The Kier molecular flexibility index (Phi) is 4.22. The first kappa shape index (κ1) is 12.4. The smallest absolute Gasteiger partial charge is 0.255 e. The van der Waals surface area contributed by atoms with E-state index in [1.165, 1.54) is 0 Å². The maximum absolute atomic E-state index is 11.9. The fraction of sp³-hybridized carbons (Fsp3) is 0.364. The van der Waals surface area contributed by atoms with Crippen LogP contribution in [0.3, 0.4) is 0 Å². The van der Waals surface area contributed by atoms with Crippen molar-refractivity contribution in [2.75, 3.05) is 18.9 Å². The van der Waals surface area contributed by atoms with Crippen molar-refractivity contribution in [2.24, 2.45) is 0 Å².